The molecule has 3 aromatic heterocycles. The normalized spacial score (nSPS) is 12.3. The number of halogens is 2. The van der Waals surface area contributed by atoms with Gasteiger partial charge >= 0.3 is 6.61 Å². The average Bonchev–Trinajstić information content (AvgIpc) is 3.37. The van der Waals surface area contributed by atoms with Crippen molar-refractivity contribution in [2.45, 2.75) is 26.2 Å². The summed E-state index contributed by atoms with van der Waals surface area (Å²) >= 11 is 1.15. The molecule has 0 aliphatic rings. The van der Waals surface area contributed by atoms with E-state index in [0.29, 0.717) is 16.0 Å². The van der Waals surface area contributed by atoms with Crippen LogP contribution in [0.4, 0.5) is 8.78 Å². The number of carbonyl (C=O) groups excluding carboxylic acids is 1. The van der Waals surface area contributed by atoms with Crippen LogP contribution in [0.15, 0.2) is 54.9 Å². The lowest BCUT2D eigenvalue weighted by Crippen LogP contribution is -2.13. The molecule has 0 aliphatic carbocycles. The van der Waals surface area contributed by atoms with Crippen molar-refractivity contribution in [2.75, 3.05) is 0 Å². The fourth-order valence-corrected chi connectivity index (χ4v) is 4.29. The molecule has 10 heteroatoms. The van der Waals surface area contributed by atoms with Gasteiger partial charge in [0.1, 0.15) is 28.1 Å². The highest BCUT2D eigenvalue weighted by Crippen LogP contribution is 2.39. The van der Waals surface area contributed by atoms with Gasteiger partial charge in [0.05, 0.1) is 23.4 Å². The summed E-state index contributed by atoms with van der Waals surface area (Å²) in [5.74, 6) is -0.557. The Morgan fingerprint density at radius 1 is 1.22 bits per heavy atom. The lowest BCUT2D eigenvalue weighted by Gasteiger charge is -2.19. The quantitative estimate of drug-likeness (QED) is 0.407. The fraction of sp³-hybridized carbons (Fsp3) is 0.182. The summed E-state index contributed by atoms with van der Waals surface area (Å²) in [6.45, 7) is -1.73. The first kappa shape index (κ1) is 21.7. The molecule has 166 valence electrons. The van der Waals surface area contributed by atoms with Crippen LogP contribution in [0.1, 0.15) is 33.8 Å². The molecule has 4 rings (SSSR count). The Morgan fingerprint density at radius 2 is 2.03 bits per heavy atom. The van der Waals surface area contributed by atoms with Gasteiger partial charge < -0.3 is 20.3 Å². The van der Waals surface area contributed by atoms with E-state index >= 15 is 0 Å². The molecule has 3 heterocycles. The van der Waals surface area contributed by atoms with E-state index in [9.17, 15) is 18.7 Å². The Morgan fingerprint density at radius 3 is 2.75 bits per heavy atom. The molecule has 3 N–H and O–H groups in total. The second-order valence-electron chi connectivity index (χ2n) is 6.91. The fourth-order valence-electron chi connectivity index (χ4n) is 3.34. The number of amides is 1. The third-order valence-electron chi connectivity index (χ3n) is 4.81. The minimum absolute atomic E-state index is 0.114. The minimum Gasteiger partial charge on any atom is -0.484 e. The standard InChI is InChI=1S/C22H19F2N3O4S/c1-12(14-6-5-13(11-28)8-16(14)31-22(23)24)30-17-9-18(32-20(17)21(25)29)15-10-26-19-4-2-3-7-27(15)19/h2-10,12,22,28H,11H2,1H3,(H2,25,29)/t12-/m1/s1. The van der Waals surface area contributed by atoms with Crippen molar-refractivity contribution in [3.05, 3.63) is 70.9 Å². The van der Waals surface area contributed by atoms with E-state index in [-0.39, 0.29) is 23.0 Å². The van der Waals surface area contributed by atoms with Gasteiger partial charge in [-0.05, 0) is 30.7 Å². The summed E-state index contributed by atoms with van der Waals surface area (Å²) in [6.07, 6.45) is 2.78. The van der Waals surface area contributed by atoms with Crippen molar-refractivity contribution >= 4 is 22.9 Å². The lowest BCUT2D eigenvalue weighted by molar-refractivity contribution is -0.0513. The molecular formula is C22H19F2N3O4S. The first-order valence-corrected chi connectivity index (χ1v) is 10.4. The SMILES string of the molecule is C[C@@H](Oc1cc(-c2cnc3ccccn23)sc1C(N)=O)c1ccc(CO)cc1OC(F)F. The summed E-state index contributed by atoms with van der Waals surface area (Å²) in [7, 11) is 0. The maximum Gasteiger partial charge on any atom is 0.387 e. The zero-order valence-corrected chi connectivity index (χ0v) is 17.7. The molecule has 0 spiro atoms. The Bertz CT molecular complexity index is 1270. The van der Waals surface area contributed by atoms with Gasteiger partial charge in [-0.25, -0.2) is 4.98 Å². The van der Waals surface area contributed by atoms with Crippen molar-refractivity contribution in [1.29, 1.82) is 0 Å². The zero-order chi connectivity index (χ0) is 22.8. The lowest BCUT2D eigenvalue weighted by atomic mass is 10.1. The van der Waals surface area contributed by atoms with E-state index in [1.165, 1.54) is 12.1 Å². The number of pyridine rings is 1. The highest BCUT2D eigenvalue weighted by Gasteiger charge is 2.23. The van der Waals surface area contributed by atoms with Crippen LogP contribution in [0, 0.1) is 0 Å². The summed E-state index contributed by atoms with van der Waals surface area (Å²) in [5.41, 5.74) is 7.80. The molecule has 0 unspecified atom stereocenters. The number of nitrogens with zero attached hydrogens (tertiary/aromatic N) is 2. The summed E-state index contributed by atoms with van der Waals surface area (Å²) in [6, 6.07) is 11.7. The highest BCUT2D eigenvalue weighted by atomic mass is 32.1. The Kier molecular flexibility index (Phi) is 6.06. The van der Waals surface area contributed by atoms with Crippen LogP contribution in [-0.2, 0) is 6.61 Å². The number of primary amides is 1. The highest BCUT2D eigenvalue weighted by molar-refractivity contribution is 7.17. The van der Waals surface area contributed by atoms with Crippen LogP contribution in [0.25, 0.3) is 16.2 Å². The Balaban J connectivity index is 1.69. The number of aromatic nitrogens is 2. The first-order valence-electron chi connectivity index (χ1n) is 9.58. The predicted molar refractivity (Wildman–Crippen MR) is 115 cm³/mol. The largest absolute Gasteiger partial charge is 0.484 e. The molecule has 1 aromatic carbocycles. The molecule has 1 atom stereocenters. The molecule has 0 saturated carbocycles. The van der Waals surface area contributed by atoms with Gasteiger partial charge in [-0.3, -0.25) is 9.20 Å². The molecule has 0 radical (unpaired) electrons. The van der Waals surface area contributed by atoms with Crippen LogP contribution in [0.5, 0.6) is 11.5 Å². The van der Waals surface area contributed by atoms with E-state index in [4.69, 9.17) is 10.5 Å². The summed E-state index contributed by atoms with van der Waals surface area (Å²) in [5, 5.41) is 9.30. The molecule has 0 bridgehead atoms. The molecule has 4 aromatic rings. The number of alkyl halides is 2. The van der Waals surface area contributed by atoms with Gasteiger partial charge in [-0.2, -0.15) is 8.78 Å². The number of imidazole rings is 1. The number of aliphatic hydroxyl groups is 1. The number of ether oxygens (including phenoxy) is 2. The van der Waals surface area contributed by atoms with E-state index in [1.54, 1.807) is 25.3 Å². The van der Waals surface area contributed by atoms with Crippen LogP contribution in [0.3, 0.4) is 0 Å². The number of hydrogen-bond donors (Lipinski definition) is 2. The van der Waals surface area contributed by atoms with Gasteiger partial charge in [-0.15, -0.1) is 11.3 Å². The monoisotopic (exact) mass is 459 g/mol. The van der Waals surface area contributed by atoms with Crippen molar-refractivity contribution < 1.29 is 28.2 Å². The molecule has 32 heavy (non-hydrogen) atoms. The first-order chi connectivity index (χ1) is 15.4. The maximum absolute atomic E-state index is 12.9. The molecule has 0 saturated heterocycles. The minimum atomic E-state index is -3.04. The number of benzene rings is 1. The van der Waals surface area contributed by atoms with Crippen molar-refractivity contribution in [1.82, 2.24) is 9.38 Å². The third-order valence-corrected chi connectivity index (χ3v) is 5.96. The number of thiophene rings is 1. The smallest absolute Gasteiger partial charge is 0.387 e. The van der Waals surface area contributed by atoms with Crippen molar-refractivity contribution in [3.8, 4) is 22.1 Å². The van der Waals surface area contributed by atoms with Crippen molar-refractivity contribution in [2.24, 2.45) is 5.73 Å². The molecular weight excluding hydrogens is 440 g/mol. The van der Waals surface area contributed by atoms with Gasteiger partial charge in [0.15, 0.2) is 0 Å². The Labute approximate surface area is 185 Å². The topological polar surface area (TPSA) is 99.1 Å². The molecule has 0 aliphatic heterocycles. The molecule has 1 amide bonds. The summed E-state index contributed by atoms with van der Waals surface area (Å²) in [4.78, 5) is 17.3. The Hall–Kier alpha value is -3.50. The number of rotatable bonds is 8. The number of nitrogens with two attached hydrogens (primary N) is 1. The van der Waals surface area contributed by atoms with Crippen LogP contribution in [-0.4, -0.2) is 27.0 Å². The third kappa shape index (κ3) is 4.27. The second-order valence-corrected chi connectivity index (χ2v) is 7.96. The average molecular weight is 459 g/mol. The zero-order valence-electron chi connectivity index (χ0n) is 16.9. The van der Waals surface area contributed by atoms with Crippen LogP contribution < -0.4 is 15.2 Å². The summed E-state index contributed by atoms with van der Waals surface area (Å²) < 4.78 is 38.2. The number of carbonyl (C=O) groups is 1. The number of hydrogen-bond acceptors (Lipinski definition) is 6. The van der Waals surface area contributed by atoms with Crippen molar-refractivity contribution in [3.63, 3.8) is 0 Å². The van der Waals surface area contributed by atoms with Gasteiger partial charge in [0.25, 0.3) is 5.91 Å². The van der Waals surface area contributed by atoms with E-state index in [0.717, 1.165) is 22.7 Å². The number of aliphatic hydroxyl groups excluding tert-OH is 1. The van der Waals surface area contributed by atoms with E-state index < -0.39 is 18.6 Å². The predicted octanol–water partition coefficient (Wildman–Crippen LogP) is 4.40. The molecule has 0 fully saturated rings. The van der Waals surface area contributed by atoms with Gasteiger partial charge in [0, 0.05) is 17.8 Å². The van der Waals surface area contributed by atoms with E-state index in [2.05, 4.69) is 9.72 Å². The van der Waals surface area contributed by atoms with Crippen LogP contribution in [0.2, 0.25) is 0 Å². The van der Waals surface area contributed by atoms with Gasteiger partial charge in [-0.1, -0.05) is 18.2 Å². The maximum atomic E-state index is 12.9. The molecule has 7 nitrogen and oxygen atoms in total. The van der Waals surface area contributed by atoms with Crippen LogP contribution >= 0.6 is 11.3 Å². The second kappa shape index (κ2) is 8.93. The van der Waals surface area contributed by atoms with E-state index in [1.807, 2.05) is 28.8 Å². The number of fused-ring (bicyclic) bond motifs is 1. The van der Waals surface area contributed by atoms with Gasteiger partial charge in [0.2, 0.25) is 0 Å².